The number of ether oxygens (including phenoxy) is 1. The van der Waals surface area contributed by atoms with Gasteiger partial charge in [0.25, 0.3) is 5.91 Å². The lowest BCUT2D eigenvalue weighted by Crippen LogP contribution is -2.45. The minimum absolute atomic E-state index is 0.0253. The maximum atomic E-state index is 13.9. The summed E-state index contributed by atoms with van der Waals surface area (Å²) < 4.78 is 61.2. The van der Waals surface area contributed by atoms with Crippen molar-refractivity contribution in [3.05, 3.63) is 64.9 Å². The van der Waals surface area contributed by atoms with Crippen molar-refractivity contribution in [2.45, 2.75) is 49.6 Å². The fourth-order valence-corrected chi connectivity index (χ4v) is 6.95. The molecule has 11 nitrogen and oxygen atoms in total. The van der Waals surface area contributed by atoms with Gasteiger partial charge in [-0.1, -0.05) is 13.8 Å². The van der Waals surface area contributed by atoms with Crippen molar-refractivity contribution in [2.75, 3.05) is 48.9 Å². The third kappa shape index (κ3) is 6.26. The number of rotatable bonds is 9. The van der Waals surface area contributed by atoms with Gasteiger partial charge < -0.3 is 25.8 Å². The molecule has 0 spiro atoms. The van der Waals surface area contributed by atoms with Gasteiger partial charge in [-0.15, -0.1) is 0 Å². The Labute approximate surface area is 242 Å². The first kappa shape index (κ1) is 29.9. The van der Waals surface area contributed by atoms with E-state index in [1.807, 2.05) is 13.8 Å². The molecule has 2 aliphatic rings. The summed E-state index contributed by atoms with van der Waals surface area (Å²) in [7, 11) is -4.28. The normalized spacial score (nSPS) is 17.5. The molecule has 2 aliphatic heterocycles. The van der Waals surface area contributed by atoms with Gasteiger partial charge in [0.05, 0.1) is 17.1 Å². The number of nitrogens with zero attached hydrogens (tertiary/aromatic N) is 2. The molecule has 1 fully saturated rings. The standard InChI is InChI=1S/C28H34F2N6O5S/c1-28(2)16-36(42(39,40)21-12-17(29)11-18(30)13-21)15-23-25(28)34-35-26(23)33-27(38)22-4-3-20(31-7-8-37)14-24(22)32-19-5-9-41-10-6-19/h3-4,11-14,19,31-32,37H,5-10,15-16H2,1-2H3,(H2,33,34,35,38). The highest BCUT2D eigenvalue weighted by atomic mass is 32.2. The molecule has 5 N–H and O–H groups in total. The second-order valence-electron chi connectivity index (χ2n) is 11.1. The average molecular weight is 605 g/mol. The van der Waals surface area contributed by atoms with Crippen LogP contribution in [-0.2, 0) is 26.7 Å². The molecule has 42 heavy (non-hydrogen) atoms. The summed E-state index contributed by atoms with van der Waals surface area (Å²) in [5, 5.41) is 25.8. The molecule has 0 unspecified atom stereocenters. The van der Waals surface area contributed by atoms with E-state index in [0.29, 0.717) is 48.3 Å². The number of aromatic nitrogens is 2. The lowest BCUT2D eigenvalue weighted by molar-refractivity contribution is 0.0904. The average Bonchev–Trinajstić information content (AvgIpc) is 3.35. The summed E-state index contributed by atoms with van der Waals surface area (Å²) in [6.45, 7) is 5.01. The van der Waals surface area contributed by atoms with Gasteiger partial charge >= 0.3 is 0 Å². The number of carbonyl (C=O) groups is 1. The van der Waals surface area contributed by atoms with Crippen LogP contribution in [0, 0.1) is 11.6 Å². The van der Waals surface area contributed by atoms with E-state index in [-0.39, 0.29) is 31.6 Å². The third-order valence-corrected chi connectivity index (χ3v) is 9.21. The Morgan fingerprint density at radius 3 is 2.57 bits per heavy atom. The zero-order valence-corrected chi connectivity index (χ0v) is 24.2. The molecule has 1 saturated heterocycles. The van der Waals surface area contributed by atoms with Crippen LogP contribution in [0.1, 0.15) is 48.3 Å². The number of hydrogen-bond donors (Lipinski definition) is 5. The van der Waals surface area contributed by atoms with Crippen LogP contribution in [0.4, 0.5) is 26.0 Å². The molecule has 3 heterocycles. The van der Waals surface area contributed by atoms with Gasteiger partial charge in [-0.05, 0) is 43.2 Å². The van der Waals surface area contributed by atoms with Crippen LogP contribution in [0.15, 0.2) is 41.3 Å². The van der Waals surface area contributed by atoms with E-state index in [9.17, 15) is 27.1 Å². The van der Waals surface area contributed by atoms with Crippen LogP contribution in [0.25, 0.3) is 0 Å². The Balaban J connectivity index is 1.43. The van der Waals surface area contributed by atoms with Crippen molar-refractivity contribution in [2.24, 2.45) is 0 Å². The smallest absolute Gasteiger partial charge is 0.258 e. The van der Waals surface area contributed by atoms with Gasteiger partial charge in [0.15, 0.2) is 5.82 Å². The summed E-state index contributed by atoms with van der Waals surface area (Å²) in [5.41, 5.74) is 2.02. The summed E-state index contributed by atoms with van der Waals surface area (Å²) in [6.07, 6.45) is 1.55. The second-order valence-corrected chi connectivity index (χ2v) is 13.0. The topological polar surface area (TPSA) is 149 Å². The largest absolute Gasteiger partial charge is 0.395 e. The minimum Gasteiger partial charge on any atom is -0.395 e. The molecule has 2 aromatic carbocycles. The Morgan fingerprint density at radius 2 is 1.88 bits per heavy atom. The van der Waals surface area contributed by atoms with Gasteiger partial charge in [-0.3, -0.25) is 9.89 Å². The Bertz CT molecular complexity index is 1550. The summed E-state index contributed by atoms with van der Waals surface area (Å²) in [4.78, 5) is 13.1. The van der Waals surface area contributed by atoms with Gasteiger partial charge in [0.2, 0.25) is 10.0 Å². The molecule has 0 bridgehead atoms. The van der Waals surface area contributed by atoms with Gasteiger partial charge in [0, 0.05) is 73.0 Å². The molecule has 0 radical (unpaired) electrons. The quantitative estimate of drug-likeness (QED) is 0.250. The van der Waals surface area contributed by atoms with E-state index in [4.69, 9.17) is 4.74 Å². The van der Waals surface area contributed by atoms with Crippen molar-refractivity contribution in [1.29, 1.82) is 0 Å². The molecule has 14 heteroatoms. The highest BCUT2D eigenvalue weighted by molar-refractivity contribution is 7.89. The lowest BCUT2D eigenvalue weighted by atomic mass is 9.84. The van der Waals surface area contributed by atoms with Crippen molar-refractivity contribution < 1.29 is 31.8 Å². The monoisotopic (exact) mass is 604 g/mol. The molecular formula is C28H34F2N6O5S. The molecule has 0 atom stereocenters. The van der Waals surface area contributed by atoms with Crippen LogP contribution in [0.3, 0.4) is 0 Å². The first-order valence-corrected chi connectivity index (χ1v) is 15.1. The van der Waals surface area contributed by atoms with Gasteiger partial charge in [0.1, 0.15) is 11.6 Å². The van der Waals surface area contributed by atoms with Crippen molar-refractivity contribution in [3.8, 4) is 0 Å². The summed E-state index contributed by atoms with van der Waals surface area (Å²) in [5.74, 6) is -2.29. The highest BCUT2D eigenvalue weighted by Gasteiger charge is 2.41. The highest BCUT2D eigenvalue weighted by Crippen LogP contribution is 2.38. The number of anilines is 3. The van der Waals surface area contributed by atoms with E-state index in [0.717, 1.165) is 35.0 Å². The molecule has 5 rings (SSSR count). The van der Waals surface area contributed by atoms with E-state index < -0.39 is 37.9 Å². The van der Waals surface area contributed by atoms with Crippen LogP contribution in [-0.4, -0.2) is 72.9 Å². The van der Waals surface area contributed by atoms with E-state index in [1.54, 1.807) is 18.2 Å². The Kier molecular flexibility index (Phi) is 8.51. The maximum Gasteiger partial charge on any atom is 0.258 e. The number of nitrogens with one attached hydrogen (secondary N) is 4. The van der Waals surface area contributed by atoms with Crippen LogP contribution in [0.5, 0.6) is 0 Å². The number of aliphatic hydroxyl groups excluding tert-OH is 1. The Hall–Kier alpha value is -3.59. The molecule has 1 aromatic heterocycles. The first-order valence-electron chi connectivity index (χ1n) is 13.7. The number of amides is 1. The van der Waals surface area contributed by atoms with Gasteiger partial charge in [-0.2, -0.15) is 9.40 Å². The predicted molar refractivity (Wildman–Crippen MR) is 153 cm³/mol. The number of hydrogen-bond acceptors (Lipinski definition) is 8. The fourth-order valence-electron chi connectivity index (χ4n) is 5.34. The number of fused-ring (bicyclic) bond motifs is 1. The molecule has 0 saturated carbocycles. The second kappa shape index (κ2) is 12.0. The zero-order chi connectivity index (χ0) is 30.1. The van der Waals surface area contributed by atoms with E-state index in [1.165, 1.54) is 0 Å². The number of aromatic amines is 1. The van der Waals surface area contributed by atoms with E-state index >= 15 is 0 Å². The van der Waals surface area contributed by atoms with E-state index in [2.05, 4.69) is 26.1 Å². The molecule has 0 aliphatic carbocycles. The number of carbonyl (C=O) groups excluding carboxylic acids is 1. The van der Waals surface area contributed by atoms with Crippen LogP contribution >= 0.6 is 0 Å². The van der Waals surface area contributed by atoms with Crippen LogP contribution in [0.2, 0.25) is 0 Å². The number of aliphatic hydroxyl groups is 1. The number of benzene rings is 2. The third-order valence-electron chi connectivity index (χ3n) is 7.44. The number of H-pyrrole nitrogens is 1. The zero-order valence-electron chi connectivity index (χ0n) is 23.3. The van der Waals surface area contributed by atoms with Crippen molar-refractivity contribution in [1.82, 2.24) is 14.5 Å². The predicted octanol–water partition coefficient (Wildman–Crippen LogP) is 3.42. The number of halogens is 2. The molecular weight excluding hydrogens is 570 g/mol. The first-order chi connectivity index (χ1) is 20.0. The molecule has 1 amide bonds. The van der Waals surface area contributed by atoms with Crippen LogP contribution < -0.4 is 16.0 Å². The SMILES string of the molecule is CC1(C)CN(S(=O)(=O)c2cc(F)cc(F)c2)Cc2c(NC(=O)c3ccc(NCCO)cc3NC3CCOCC3)n[nH]c21. The summed E-state index contributed by atoms with van der Waals surface area (Å²) in [6, 6.07) is 7.47. The minimum atomic E-state index is -4.28. The van der Waals surface area contributed by atoms with Gasteiger partial charge in [-0.25, -0.2) is 17.2 Å². The lowest BCUT2D eigenvalue weighted by Gasteiger charge is -2.36. The number of sulfonamides is 1. The maximum absolute atomic E-state index is 13.9. The molecule has 226 valence electrons. The van der Waals surface area contributed by atoms with Crippen molar-refractivity contribution >= 4 is 33.1 Å². The molecule has 3 aromatic rings. The summed E-state index contributed by atoms with van der Waals surface area (Å²) >= 11 is 0. The fraction of sp³-hybridized carbons (Fsp3) is 0.429. The Morgan fingerprint density at radius 1 is 1.17 bits per heavy atom. The van der Waals surface area contributed by atoms with Crippen molar-refractivity contribution in [3.63, 3.8) is 0 Å².